The fraction of sp³-hybridized carbons (Fsp3) is 0.250. The lowest BCUT2D eigenvalue weighted by Gasteiger charge is -2.34. The molecule has 0 atom stereocenters. The topological polar surface area (TPSA) is 53.5 Å². The SMILES string of the molecule is O=S(=O)(c1ccc(Br)cc1Cl)N1CCN(c2nc(Cc3cc(Cl)cc(Cl)c3)cs2)CC1. The number of rotatable bonds is 5. The van der Waals surface area contributed by atoms with Crippen LogP contribution < -0.4 is 4.90 Å². The van der Waals surface area contributed by atoms with Crippen LogP contribution in [0.5, 0.6) is 0 Å². The molecule has 0 saturated carbocycles. The highest BCUT2D eigenvalue weighted by Gasteiger charge is 2.30. The van der Waals surface area contributed by atoms with Gasteiger partial charge in [0.1, 0.15) is 4.90 Å². The second-order valence-electron chi connectivity index (χ2n) is 7.04. The van der Waals surface area contributed by atoms with E-state index >= 15 is 0 Å². The van der Waals surface area contributed by atoms with E-state index in [0.717, 1.165) is 20.9 Å². The standard InChI is InChI=1S/C20H17BrCl3N3O2S2/c21-14-1-2-19(18(24)10-14)31(28,29)27-5-3-26(4-6-27)20-25-17(12-30-20)9-13-7-15(22)11-16(23)8-13/h1-2,7-8,10-12H,3-6,9H2. The maximum absolute atomic E-state index is 13.0. The number of hydrogen-bond acceptors (Lipinski definition) is 5. The average molecular weight is 582 g/mol. The molecule has 1 aromatic heterocycles. The average Bonchev–Trinajstić information content (AvgIpc) is 3.15. The van der Waals surface area contributed by atoms with Gasteiger partial charge in [0, 0.05) is 52.5 Å². The molecule has 3 aromatic rings. The maximum Gasteiger partial charge on any atom is 0.244 e. The number of anilines is 1. The number of nitrogens with zero attached hydrogens (tertiary/aromatic N) is 3. The van der Waals surface area contributed by atoms with Crippen molar-refractivity contribution < 1.29 is 8.42 Å². The van der Waals surface area contributed by atoms with Crippen LogP contribution in [0.3, 0.4) is 0 Å². The van der Waals surface area contributed by atoms with Crippen LogP contribution >= 0.6 is 62.1 Å². The second-order valence-corrected chi connectivity index (χ2v) is 12.0. The van der Waals surface area contributed by atoms with Crippen LogP contribution in [-0.4, -0.2) is 43.9 Å². The Hall–Kier alpha value is -0.870. The Kier molecular flexibility index (Phi) is 7.18. The van der Waals surface area contributed by atoms with E-state index in [1.165, 1.54) is 10.4 Å². The summed E-state index contributed by atoms with van der Waals surface area (Å²) >= 11 is 23.2. The van der Waals surface area contributed by atoms with Crippen molar-refractivity contribution in [3.63, 3.8) is 0 Å². The van der Waals surface area contributed by atoms with Crippen molar-refractivity contribution in [1.29, 1.82) is 0 Å². The Morgan fingerprint density at radius 1 is 1.00 bits per heavy atom. The summed E-state index contributed by atoms with van der Waals surface area (Å²) in [4.78, 5) is 6.95. The third-order valence-electron chi connectivity index (χ3n) is 4.87. The molecule has 2 heterocycles. The molecule has 0 spiro atoms. The molecule has 0 amide bonds. The minimum absolute atomic E-state index is 0.127. The highest BCUT2D eigenvalue weighted by atomic mass is 79.9. The van der Waals surface area contributed by atoms with Crippen LogP contribution in [0.1, 0.15) is 11.3 Å². The summed E-state index contributed by atoms with van der Waals surface area (Å²) in [7, 11) is -3.65. The van der Waals surface area contributed by atoms with Gasteiger partial charge in [-0.15, -0.1) is 11.3 Å². The third-order valence-corrected chi connectivity index (χ3v) is 9.13. The first kappa shape index (κ1) is 23.3. The van der Waals surface area contributed by atoms with Gasteiger partial charge in [-0.05, 0) is 42.0 Å². The molecule has 1 saturated heterocycles. The van der Waals surface area contributed by atoms with Crippen LogP contribution in [0.25, 0.3) is 0 Å². The van der Waals surface area contributed by atoms with Crippen LogP contribution in [0.2, 0.25) is 15.1 Å². The molecular weight excluding hydrogens is 565 g/mol. The number of aromatic nitrogens is 1. The number of piperazine rings is 1. The molecule has 11 heteroatoms. The van der Waals surface area contributed by atoms with Crippen LogP contribution in [0.4, 0.5) is 5.13 Å². The molecule has 1 aliphatic rings. The van der Waals surface area contributed by atoms with Gasteiger partial charge in [-0.1, -0.05) is 50.7 Å². The Balaban J connectivity index is 1.42. The number of sulfonamides is 1. The largest absolute Gasteiger partial charge is 0.345 e. The lowest BCUT2D eigenvalue weighted by atomic mass is 10.1. The van der Waals surface area contributed by atoms with Gasteiger partial charge in [-0.25, -0.2) is 13.4 Å². The molecule has 0 radical (unpaired) electrons. The van der Waals surface area contributed by atoms with Crippen LogP contribution in [0, 0.1) is 0 Å². The van der Waals surface area contributed by atoms with Crippen molar-refractivity contribution in [3.8, 4) is 0 Å². The monoisotopic (exact) mass is 579 g/mol. The second kappa shape index (κ2) is 9.55. The van der Waals surface area contributed by atoms with Gasteiger partial charge in [0.25, 0.3) is 0 Å². The zero-order valence-corrected chi connectivity index (χ0v) is 21.6. The summed E-state index contributed by atoms with van der Waals surface area (Å²) in [6.07, 6.45) is 0.632. The van der Waals surface area contributed by atoms with E-state index in [4.69, 9.17) is 39.8 Å². The van der Waals surface area contributed by atoms with Crippen molar-refractivity contribution in [2.24, 2.45) is 0 Å². The quantitative estimate of drug-likeness (QED) is 0.373. The van der Waals surface area contributed by atoms with Crippen LogP contribution in [0.15, 0.2) is 51.1 Å². The molecule has 2 aromatic carbocycles. The van der Waals surface area contributed by atoms with Gasteiger partial charge in [0.15, 0.2) is 5.13 Å². The van der Waals surface area contributed by atoms with Crippen molar-refractivity contribution in [1.82, 2.24) is 9.29 Å². The summed E-state index contributed by atoms with van der Waals surface area (Å²) in [6.45, 7) is 1.85. The van der Waals surface area contributed by atoms with Gasteiger partial charge in [-0.3, -0.25) is 0 Å². The van der Waals surface area contributed by atoms with Crippen molar-refractivity contribution >= 4 is 77.2 Å². The molecule has 0 unspecified atom stereocenters. The Morgan fingerprint density at radius 3 is 2.32 bits per heavy atom. The van der Waals surface area contributed by atoms with E-state index in [1.54, 1.807) is 29.5 Å². The first-order valence-corrected chi connectivity index (χ1v) is 13.6. The van der Waals surface area contributed by atoms with E-state index in [2.05, 4.69) is 20.8 Å². The van der Waals surface area contributed by atoms with E-state index in [9.17, 15) is 8.42 Å². The van der Waals surface area contributed by atoms with Gasteiger partial charge in [0.2, 0.25) is 10.0 Å². The molecule has 0 N–H and O–H groups in total. The third kappa shape index (κ3) is 5.38. The lowest BCUT2D eigenvalue weighted by Crippen LogP contribution is -2.48. The summed E-state index contributed by atoms with van der Waals surface area (Å²) in [5, 5.41) is 4.29. The van der Waals surface area contributed by atoms with Crippen molar-refractivity contribution in [3.05, 3.63) is 72.6 Å². The molecule has 4 rings (SSSR count). The molecule has 1 fully saturated rings. The van der Waals surface area contributed by atoms with E-state index < -0.39 is 10.0 Å². The van der Waals surface area contributed by atoms with Gasteiger partial charge < -0.3 is 4.90 Å². The van der Waals surface area contributed by atoms with Crippen molar-refractivity contribution in [2.75, 3.05) is 31.1 Å². The molecule has 164 valence electrons. The minimum Gasteiger partial charge on any atom is -0.345 e. The predicted molar refractivity (Wildman–Crippen MR) is 132 cm³/mol. The van der Waals surface area contributed by atoms with E-state index in [1.807, 2.05) is 17.5 Å². The highest BCUT2D eigenvalue weighted by Crippen LogP contribution is 2.30. The number of halogens is 4. The molecule has 1 aliphatic heterocycles. The molecular formula is C20H17BrCl3N3O2S2. The van der Waals surface area contributed by atoms with E-state index in [0.29, 0.717) is 42.6 Å². The number of benzene rings is 2. The van der Waals surface area contributed by atoms with Crippen LogP contribution in [-0.2, 0) is 16.4 Å². The summed E-state index contributed by atoms with van der Waals surface area (Å²) in [6, 6.07) is 10.3. The molecule has 0 bridgehead atoms. The molecule has 31 heavy (non-hydrogen) atoms. The van der Waals surface area contributed by atoms with Gasteiger partial charge >= 0.3 is 0 Å². The molecule has 0 aliphatic carbocycles. The fourth-order valence-corrected chi connectivity index (χ4v) is 7.27. The van der Waals surface area contributed by atoms with Gasteiger partial charge in [0.05, 0.1) is 10.7 Å². The lowest BCUT2D eigenvalue weighted by molar-refractivity contribution is 0.384. The van der Waals surface area contributed by atoms with Crippen molar-refractivity contribution in [2.45, 2.75) is 11.3 Å². The normalized spacial score (nSPS) is 15.4. The highest BCUT2D eigenvalue weighted by molar-refractivity contribution is 9.10. The number of hydrogen-bond donors (Lipinski definition) is 0. The minimum atomic E-state index is -3.65. The smallest absolute Gasteiger partial charge is 0.244 e. The Bertz CT molecular complexity index is 1190. The number of thiazole rings is 1. The molecule has 5 nitrogen and oxygen atoms in total. The van der Waals surface area contributed by atoms with E-state index in [-0.39, 0.29) is 9.92 Å². The Labute approximate surface area is 208 Å². The summed E-state index contributed by atoms with van der Waals surface area (Å²) in [5.74, 6) is 0. The maximum atomic E-state index is 13.0. The predicted octanol–water partition coefficient (Wildman–Crippen LogP) is 5.97. The fourth-order valence-electron chi connectivity index (χ4n) is 3.39. The summed E-state index contributed by atoms with van der Waals surface area (Å²) < 4.78 is 28.2. The first-order chi connectivity index (χ1) is 14.7. The summed E-state index contributed by atoms with van der Waals surface area (Å²) in [5.41, 5.74) is 1.92. The zero-order valence-electron chi connectivity index (χ0n) is 16.1. The zero-order chi connectivity index (χ0) is 22.2. The Morgan fingerprint density at radius 2 is 1.68 bits per heavy atom. The first-order valence-electron chi connectivity index (χ1n) is 9.32. The van der Waals surface area contributed by atoms with Gasteiger partial charge in [-0.2, -0.15) is 4.31 Å².